The first kappa shape index (κ1) is 17.4. The molecule has 26 heavy (non-hydrogen) atoms. The van der Waals surface area contributed by atoms with Crippen molar-refractivity contribution in [3.8, 4) is 0 Å². The smallest absolute Gasteiger partial charge is 0.303 e. The second-order valence-electron chi connectivity index (χ2n) is 5.79. The van der Waals surface area contributed by atoms with E-state index in [1.54, 1.807) is 6.07 Å². The number of carboxylic acids is 1. The molecule has 0 aliphatic carbocycles. The zero-order valence-corrected chi connectivity index (χ0v) is 14.1. The first-order chi connectivity index (χ1) is 12.6. The Balaban J connectivity index is 1.86. The van der Waals surface area contributed by atoms with Crippen LogP contribution in [0.1, 0.15) is 28.8 Å². The maximum absolute atomic E-state index is 12.6. The molecule has 0 saturated heterocycles. The maximum atomic E-state index is 12.6. The molecule has 0 radical (unpaired) electrons. The number of rotatable bonds is 6. The Bertz CT molecular complexity index is 960. The summed E-state index contributed by atoms with van der Waals surface area (Å²) in [6.07, 6.45) is 0.174. The van der Waals surface area contributed by atoms with Gasteiger partial charge in [-0.25, -0.2) is 5.43 Å². The topological polar surface area (TPSA) is 78.8 Å². The fourth-order valence-electron chi connectivity index (χ4n) is 2.72. The second-order valence-corrected chi connectivity index (χ2v) is 5.79. The van der Waals surface area contributed by atoms with E-state index in [9.17, 15) is 9.59 Å². The van der Waals surface area contributed by atoms with Crippen LogP contribution in [-0.4, -0.2) is 22.7 Å². The molecule has 130 valence electrons. The van der Waals surface area contributed by atoms with Crippen LogP contribution in [0.25, 0.3) is 10.8 Å². The molecule has 5 heteroatoms. The van der Waals surface area contributed by atoms with Crippen molar-refractivity contribution < 1.29 is 14.7 Å². The summed E-state index contributed by atoms with van der Waals surface area (Å²) in [6, 6.07) is 22.4. The van der Waals surface area contributed by atoms with Crippen molar-refractivity contribution in [2.24, 2.45) is 5.10 Å². The standard InChI is InChI=1S/C21H18N2O3/c24-20(25)14-13-19(16-8-2-1-3-9-16)22-23-21(26)18-12-6-10-15-7-4-5-11-17(15)18/h1-12H,13-14H2,(H,23,26)(H,24,25). The van der Waals surface area contributed by atoms with E-state index < -0.39 is 5.97 Å². The van der Waals surface area contributed by atoms with Gasteiger partial charge in [-0.05, 0) is 22.4 Å². The quantitative estimate of drug-likeness (QED) is 0.526. The molecule has 1 amide bonds. The molecule has 0 aromatic heterocycles. The van der Waals surface area contributed by atoms with Crippen molar-refractivity contribution in [3.63, 3.8) is 0 Å². The van der Waals surface area contributed by atoms with Crippen LogP contribution in [0.2, 0.25) is 0 Å². The Hall–Kier alpha value is -3.47. The number of carboxylic acid groups (broad SMARTS) is 1. The number of carbonyl (C=O) groups excluding carboxylic acids is 1. The lowest BCUT2D eigenvalue weighted by Gasteiger charge is -2.08. The molecule has 0 aliphatic heterocycles. The molecule has 3 aromatic rings. The molecule has 0 aliphatic rings. The van der Waals surface area contributed by atoms with E-state index in [-0.39, 0.29) is 18.7 Å². The number of fused-ring (bicyclic) bond motifs is 1. The summed E-state index contributed by atoms with van der Waals surface area (Å²) in [6.45, 7) is 0. The predicted molar refractivity (Wildman–Crippen MR) is 101 cm³/mol. The summed E-state index contributed by atoms with van der Waals surface area (Å²) >= 11 is 0. The van der Waals surface area contributed by atoms with Gasteiger partial charge >= 0.3 is 5.97 Å². The minimum Gasteiger partial charge on any atom is -0.481 e. The normalized spacial score (nSPS) is 11.3. The number of amides is 1. The van der Waals surface area contributed by atoms with Crippen LogP contribution in [0.3, 0.4) is 0 Å². The SMILES string of the molecule is O=C(O)CCC(=NNC(=O)c1cccc2ccccc12)c1ccccc1. The van der Waals surface area contributed by atoms with Gasteiger partial charge in [-0.15, -0.1) is 0 Å². The van der Waals surface area contributed by atoms with Crippen LogP contribution in [0, 0.1) is 0 Å². The Kier molecular flexibility index (Phi) is 5.39. The van der Waals surface area contributed by atoms with Crippen LogP contribution in [0.5, 0.6) is 0 Å². The average Bonchev–Trinajstić information content (AvgIpc) is 2.68. The summed E-state index contributed by atoms with van der Waals surface area (Å²) in [7, 11) is 0. The zero-order chi connectivity index (χ0) is 18.4. The van der Waals surface area contributed by atoms with Gasteiger partial charge in [0, 0.05) is 12.0 Å². The Morgan fingerprint density at radius 1 is 0.846 bits per heavy atom. The van der Waals surface area contributed by atoms with Gasteiger partial charge in [0.15, 0.2) is 0 Å². The highest BCUT2D eigenvalue weighted by Gasteiger charge is 2.11. The van der Waals surface area contributed by atoms with E-state index in [1.807, 2.05) is 66.7 Å². The average molecular weight is 346 g/mol. The zero-order valence-electron chi connectivity index (χ0n) is 14.1. The van der Waals surface area contributed by atoms with E-state index in [0.29, 0.717) is 11.3 Å². The predicted octanol–water partition coefficient (Wildman–Crippen LogP) is 3.84. The first-order valence-corrected chi connectivity index (χ1v) is 8.27. The molecule has 3 aromatic carbocycles. The fourth-order valence-corrected chi connectivity index (χ4v) is 2.72. The summed E-state index contributed by atoms with van der Waals surface area (Å²) in [5, 5.41) is 15.0. The van der Waals surface area contributed by atoms with Crippen LogP contribution < -0.4 is 5.43 Å². The maximum Gasteiger partial charge on any atom is 0.303 e. The van der Waals surface area contributed by atoms with E-state index in [1.165, 1.54) is 0 Å². The van der Waals surface area contributed by atoms with Gasteiger partial charge in [0.1, 0.15) is 0 Å². The number of hydrogen-bond donors (Lipinski definition) is 2. The summed E-state index contributed by atoms with van der Waals surface area (Å²) in [5.41, 5.74) is 4.41. The molecule has 5 nitrogen and oxygen atoms in total. The fraction of sp³-hybridized carbons (Fsp3) is 0.0952. The van der Waals surface area contributed by atoms with Crippen molar-refractivity contribution in [1.29, 1.82) is 0 Å². The van der Waals surface area contributed by atoms with Gasteiger partial charge in [-0.2, -0.15) is 5.10 Å². The molecular formula is C21H18N2O3. The van der Waals surface area contributed by atoms with Gasteiger partial charge in [0.2, 0.25) is 0 Å². The van der Waals surface area contributed by atoms with Crippen molar-refractivity contribution in [1.82, 2.24) is 5.43 Å². The lowest BCUT2D eigenvalue weighted by Crippen LogP contribution is -2.20. The van der Waals surface area contributed by atoms with E-state index >= 15 is 0 Å². The summed E-state index contributed by atoms with van der Waals surface area (Å²) in [5.74, 6) is -1.24. The van der Waals surface area contributed by atoms with Crippen molar-refractivity contribution in [2.75, 3.05) is 0 Å². The lowest BCUT2D eigenvalue weighted by molar-refractivity contribution is -0.136. The monoisotopic (exact) mass is 346 g/mol. The molecule has 0 bridgehead atoms. The van der Waals surface area contributed by atoms with Gasteiger partial charge in [0.05, 0.1) is 12.1 Å². The lowest BCUT2D eigenvalue weighted by atomic mass is 10.0. The van der Waals surface area contributed by atoms with Crippen LogP contribution in [0.15, 0.2) is 77.9 Å². The molecule has 0 saturated carbocycles. The second kappa shape index (κ2) is 8.07. The van der Waals surface area contributed by atoms with Gasteiger partial charge in [-0.3, -0.25) is 9.59 Å². The van der Waals surface area contributed by atoms with Crippen LogP contribution in [-0.2, 0) is 4.79 Å². The Labute approximate surface area is 151 Å². The molecular weight excluding hydrogens is 328 g/mol. The third kappa shape index (κ3) is 4.13. The van der Waals surface area contributed by atoms with Crippen molar-refractivity contribution in [2.45, 2.75) is 12.8 Å². The van der Waals surface area contributed by atoms with Gasteiger partial charge in [0.25, 0.3) is 5.91 Å². The van der Waals surface area contributed by atoms with Crippen LogP contribution >= 0.6 is 0 Å². The number of aliphatic carboxylic acids is 1. The molecule has 0 spiro atoms. The molecule has 0 heterocycles. The van der Waals surface area contributed by atoms with Gasteiger partial charge in [-0.1, -0.05) is 66.7 Å². The Morgan fingerprint density at radius 3 is 2.31 bits per heavy atom. The number of nitrogens with zero attached hydrogens (tertiary/aromatic N) is 1. The summed E-state index contributed by atoms with van der Waals surface area (Å²) in [4.78, 5) is 23.5. The minimum absolute atomic E-state index is 0.0577. The molecule has 0 unspecified atom stereocenters. The van der Waals surface area contributed by atoms with E-state index in [2.05, 4.69) is 10.5 Å². The highest BCUT2D eigenvalue weighted by atomic mass is 16.4. The highest BCUT2D eigenvalue weighted by Crippen LogP contribution is 2.18. The molecule has 2 N–H and O–H groups in total. The third-order valence-corrected chi connectivity index (χ3v) is 4.01. The molecule has 0 atom stereocenters. The Morgan fingerprint density at radius 2 is 1.54 bits per heavy atom. The summed E-state index contributed by atoms with van der Waals surface area (Å²) < 4.78 is 0. The first-order valence-electron chi connectivity index (χ1n) is 8.27. The van der Waals surface area contributed by atoms with Crippen molar-refractivity contribution in [3.05, 3.63) is 83.9 Å². The number of hydrogen-bond acceptors (Lipinski definition) is 3. The van der Waals surface area contributed by atoms with Crippen LogP contribution in [0.4, 0.5) is 0 Å². The minimum atomic E-state index is -0.908. The largest absolute Gasteiger partial charge is 0.481 e. The van der Waals surface area contributed by atoms with E-state index in [4.69, 9.17) is 5.11 Å². The highest BCUT2D eigenvalue weighted by molar-refractivity contribution is 6.08. The molecule has 3 rings (SSSR count). The number of nitrogens with one attached hydrogen (secondary N) is 1. The molecule has 0 fully saturated rings. The number of carbonyl (C=O) groups is 2. The number of benzene rings is 3. The number of hydrazone groups is 1. The third-order valence-electron chi connectivity index (χ3n) is 4.01. The van der Waals surface area contributed by atoms with Gasteiger partial charge < -0.3 is 5.11 Å². The van der Waals surface area contributed by atoms with E-state index in [0.717, 1.165) is 16.3 Å². The van der Waals surface area contributed by atoms with Crippen molar-refractivity contribution >= 4 is 28.4 Å².